The lowest BCUT2D eigenvalue weighted by molar-refractivity contribution is 0.0946. The van der Waals surface area contributed by atoms with Gasteiger partial charge in [0.2, 0.25) is 0 Å². The van der Waals surface area contributed by atoms with Crippen LogP contribution in [0.15, 0.2) is 67.1 Å². The highest BCUT2D eigenvalue weighted by molar-refractivity contribution is 5.92. The number of hydrogen-bond acceptors (Lipinski definition) is 4. The molecule has 25 heavy (non-hydrogen) atoms. The largest absolute Gasteiger partial charge is 0.380 e. The van der Waals surface area contributed by atoms with Gasteiger partial charge in [0.05, 0.1) is 11.9 Å². The Balaban J connectivity index is 1.52. The number of carbonyl (C=O) groups is 1. The summed E-state index contributed by atoms with van der Waals surface area (Å²) in [6.07, 6.45) is 5.10. The van der Waals surface area contributed by atoms with Gasteiger partial charge in [-0.1, -0.05) is 12.1 Å². The number of amides is 1. The lowest BCUT2D eigenvalue weighted by Gasteiger charge is -2.08. The number of rotatable bonds is 6. The molecule has 1 amide bonds. The van der Waals surface area contributed by atoms with Crippen molar-refractivity contribution < 1.29 is 9.18 Å². The molecule has 0 bridgehead atoms. The normalized spacial score (nSPS) is 10.3. The Labute approximate surface area is 145 Å². The van der Waals surface area contributed by atoms with Gasteiger partial charge in [0, 0.05) is 25.5 Å². The second kappa shape index (κ2) is 8.01. The summed E-state index contributed by atoms with van der Waals surface area (Å²) in [6.45, 7) is 0.975. The van der Waals surface area contributed by atoms with Crippen molar-refractivity contribution >= 4 is 11.6 Å². The monoisotopic (exact) mass is 336 g/mol. The van der Waals surface area contributed by atoms with Gasteiger partial charge in [-0.2, -0.15) is 0 Å². The fraction of sp³-hybridized carbons (Fsp3) is 0.105. The van der Waals surface area contributed by atoms with E-state index in [0.717, 1.165) is 16.8 Å². The summed E-state index contributed by atoms with van der Waals surface area (Å²) < 4.78 is 12.9. The van der Waals surface area contributed by atoms with Crippen molar-refractivity contribution in [2.75, 3.05) is 5.32 Å². The average molecular weight is 336 g/mol. The maximum Gasteiger partial charge on any atom is 0.270 e. The van der Waals surface area contributed by atoms with Gasteiger partial charge in [0.25, 0.3) is 5.91 Å². The molecule has 0 fully saturated rings. The number of pyridine rings is 2. The van der Waals surface area contributed by atoms with Crippen molar-refractivity contribution in [2.24, 2.45) is 0 Å². The van der Waals surface area contributed by atoms with E-state index >= 15 is 0 Å². The van der Waals surface area contributed by atoms with Gasteiger partial charge in [-0.05, 0) is 47.5 Å². The van der Waals surface area contributed by atoms with Crippen LogP contribution >= 0.6 is 0 Å². The first-order valence-corrected chi connectivity index (χ1v) is 7.82. The van der Waals surface area contributed by atoms with Crippen molar-refractivity contribution in [3.05, 3.63) is 89.8 Å². The van der Waals surface area contributed by atoms with Gasteiger partial charge in [0.1, 0.15) is 11.5 Å². The van der Waals surface area contributed by atoms with Crippen molar-refractivity contribution in [3.63, 3.8) is 0 Å². The van der Waals surface area contributed by atoms with Crippen LogP contribution in [-0.4, -0.2) is 15.9 Å². The first-order chi connectivity index (χ1) is 12.2. The van der Waals surface area contributed by atoms with E-state index in [1.807, 2.05) is 12.1 Å². The lowest BCUT2D eigenvalue weighted by Crippen LogP contribution is -2.23. The van der Waals surface area contributed by atoms with Crippen LogP contribution in [0.1, 0.15) is 21.6 Å². The number of nitrogens with one attached hydrogen (secondary N) is 2. The van der Waals surface area contributed by atoms with Crippen LogP contribution in [0, 0.1) is 5.82 Å². The molecule has 5 nitrogen and oxygen atoms in total. The molecule has 1 aromatic carbocycles. The van der Waals surface area contributed by atoms with Gasteiger partial charge in [-0.15, -0.1) is 0 Å². The van der Waals surface area contributed by atoms with Crippen molar-refractivity contribution in [3.8, 4) is 0 Å². The highest BCUT2D eigenvalue weighted by Gasteiger charge is 2.07. The number of benzene rings is 1. The maximum absolute atomic E-state index is 12.9. The highest BCUT2D eigenvalue weighted by atomic mass is 19.1. The number of anilines is 1. The predicted octanol–water partition coefficient (Wildman–Crippen LogP) is 3.16. The summed E-state index contributed by atoms with van der Waals surface area (Å²) in [7, 11) is 0. The van der Waals surface area contributed by atoms with Crippen LogP contribution < -0.4 is 10.6 Å². The van der Waals surface area contributed by atoms with Gasteiger partial charge in [-0.3, -0.25) is 9.78 Å². The van der Waals surface area contributed by atoms with E-state index in [1.54, 1.807) is 42.9 Å². The SMILES string of the molecule is O=C(NCc1ccc(F)cc1)c1ccc(NCc2ccncc2)cn1. The Kier molecular flexibility index (Phi) is 5.31. The minimum Gasteiger partial charge on any atom is -0.380 e. The molecule has 6 heteroatoms. The summed E-state index contributed by atoms with van der Waals surface area (Å²) in [4.78, 5) is 20.2. The third kappa shape index (κ3) is 4.84. The molecule has 3 rings (SSSR count). The molecule has 0 aliphatic heterocycles. The van der Waals surface area contributed by atoms with E-state index in [4.69, 9.17) is 0 Å². The summed E-state index contributed by atoms with van der Waals surface area (Å²) in [6, 6.07) is 13.3. The van der Waals surface area contributed by atoms with Gasteiger partial charge < -0.3 is 10.6 Å². The molecule has 0 saturated heterocycles. The molecule has 0 saturated carbocycles. The Hall–Kier alpha value is -3.28. The Morgan fingerprint density at radius 1 is 0.920 bits per heavy atom. The molecular formula is C19H17FN4O. The Morgan fingerprint density at radius 3 is 2.32 bits per heavy atom. The van der Waals surface area contributed by atoms with Crippen LogP contribution in [0.3, 0.4) is 0 Å². The molecule has 0 unspecified atom stereocenters. The van der Waals surface area contributed by atoms with E-state index in [9.17, 15) is 9.18 Å². The smallest absolute Gasteiger partial charge is 0.270 e. The number of hydrogen-bond donors (Lipinski definition) is 2. The third-order valence-electron chi connectivity index (χ3n) is 3.61. The summed E-state index contributed by atoms with van der Waals surface area (Å²) in [5.41, 5.74) is 3.09. The topological polar surface area (TPSA) is 66.9 Å². The van der Waals surface area contributed by atoms with Crippen LogP contribution in [0.2, 0.25) is 0 Å². The fourth-order valence-corrected chi connectivity index (χ4v) is 2.21. The van der Waals surface area contributed by atoms with Gasteiger partial charge >= 0.3 is 0 Å². The first kappa shape index (κ1) is 16.6. The molecule has 0 atom stereocenters. The van der Waals surface area contributed by atoms with E-state index in [-0.39, 0.29) is 11.7 Å². The highest BCUT2D eigenvalue weighted by Crippen LogP contribution is 2.09. The molecule has 2 heterocycles. The third-order valence-corrected chi connectivity index (χ3v) is 3.61. The van der Waals surface area contributed by atoms with Crippen molar-refractivity contribution in [1.29, 1.82) is 0 Å². The average Bonchev–Trinajstić information content (AvgIpc) is 2.67. The summed E-state index contributed by atoms with van der Waals surface area (Å²) in [5.74, 6) is -0.573. The van der Waals surface area contributed by atoms with Gasteiger partial charge in [0.15, 0.2) is 0 Å². The van der Waals surface area contributed by atoms with Crippen LogP contribution in [0.25, 0.3) is 0 Å². The molecule has 0 spiro atoms. The second-order valence-corrected chi connectivity index (χ2v) is 5.45. The van der Waals surface area contributed by atoms with E-state index < -0.39 is 0 Å². The zero-order valence-corrected chi connectivity index (χ0v) is 13.4. The first-order valence-electron chi connectivity index (χ1n) is 7.82. The van der Waals surface area contributed by atoms with Crippen LogP contribution in [0.5, 0.6) is 0 Å². The number of carbonyl (C=O) groups excluding carboxylic acids is 1. The number of halogens is 1. The molecule has 2 aromatic heterocycles. The zero-order chi connectivity index (χ0) is 17.5. The minimum atomic E-state index is -0.299. The summed E-state index contributed by atoms with van der Waals surface area (Å²) in [5, 5.41) is 5.99. The number of aromatic nitrogens is 2. The predicted molar refractivity (Wildman–Crippen MR) is 93.4 cm³/mol. The number of nitrogens with zero attached hydrogens (tertiary/aromatic N) is 2. The van der Waals surface area contributed by atoms with Gasteiger partial charge in [-0.25, -0.2) is 9.37 Å². The molecule has 126 valence electrons. The van der Waals surface area contributed by atoms with E-state index in [0.29, 0.717) is 18.8 Å². The molecule has 0 aliphatic rings. The summed E-state index contributed by atoms with van der Waals surface area (Å²) >= 11 is 0. The zero-order valence-electron chi connectivity index (χ0n) is 13.4. The van der Waals surface area contributed by atoms with Crippen LogP contribution in [0.4, 0.5) is 10.1 Å². The lowest BCUT2D eigenvalue weighted by atomic mass is 10.2. The van der Waals surface area contributed by atoms with Crippen molar-refractivity contribution in [2.45, 2.75) is 13.1 Å². The fourth-order valence-electron chi connectivity index (χ4n) is 2.21. The quantitative estimate of drug-likeness (QED) is 0.726. The van der Waals surface area contributed by atoms with Crippen LogP contribution in [-0.2, 0) is 13.1 Å². The second-order valence-electron chi connectivity index (χ2n) is 5.45. The van der Waals surface area contributed by atoms with E-state index in [1.165, 1.54) is 12.1 Å². The Bertz CT molecular complexity index is 820. The van der Waals surface area contributed by atoms with Crippen molar-refractivity contribution in [1.82, 2.24) is 15.3 Å². The molecule has 2 N–H and O–H groups in total. The maximum atomic E-state index is 12.9. The van der Waals surface area contributed by atoms with E-state index in [2.05, 4.69) is 20.6 Å². The molecular weight excluding hydrogens is 319 g/mol. The Morgan fingerprint density at radius 2 is 1.64 bits per heavy atom. The molecule has 0 aliphatic carbocycles. The standard InChI is InChI=1S/C19H17FN4O/c20-16-3-1-14(2-4-16)12-24-19(25)18-6-5-17(13-23-18)22-11-15-7-9-21-10-8-15/h1-10,13,22H,11-12H2,(H,24,25). The molecule has 3 aromatic rings. The minimum absolute atomic E-state index is 0.273. The molecule has 0 radical (unpaired) electrons.